The van der Waals surface area contributed by atoms with E-state index in [2.05, 4.69) is 25.7 Å². The SMILES string of the molecule is CCCN(c1ccc(C(C)O)c(Cl)c1)C(C)C. The largest absolute Gasteiger partial charge is 0.389 e. The van der Waals surface area contributed by atoms with Gasteiger partial charge in [-0.1, -0.05) is 24.6 Å². The Bertz CT molecular complexity index is 363. The molecule has 1 rings (SSSR count). The van der Waals surface area contributed by atoms with Gasteiger partial charge in [-0.3, -0.25) is 0 Å². The maximum absolute atomic E-state index is 9.55. The average molecular weight is 256 g/mol. The first-order chi connectivity index (χ1) is 7.97. The van der Waals surface area contributed by atoms with Crippen molar-refractivity contribution in [2.75, 3.05) is 11.4 Å². The van der Waals surface area contributed by atoms with Crippen LogP contribution in [-0.4, -0.2) is 17.7 Å². The molecule has 1 unspecified atom stereocenters. The van der Waals surface area contributed by atoms with E-state index in [0.717, 1.165) is 24.2 Å². The molecule has 1 aromatic rings. The van der Waals surface area contributed by atoms with Gasteiger partial charge >= 0.3 is 0 Å². The van der Waals surface area contributed by atoms with E-state index in [1.165, 1.54) is 0 Å². The highest BCUT2D eigenvalue weighted by molar-refractivity contribution is 6.31. The Hall–Kier alpha value is -0.730. The quantitative estimate of drug-likeness (QED) is 0.859. The van der Waals surface area contributed by atoms with E-state index in [1.807, 2.05) is 18.2 Å². The molecule has 0 spiro atoms. The summed E-state index contributed by atoms with van der Waals surface area (Å²) in [5.74, 6) is 0. The molecule has 0 amide bonds. The predicted molar refractivity (Wildman–Crippen MR) is 74.9 cm³/mol. The number of rotatable bonds is 5. The van der Waals surface area contributed by atoms with Crippen molar-refractivity contribution in [3.05, 3.63) is 28.8 Å². The van der Waals surface area contributed by atoms with Gasteiger partial charge in [0.15, 0.2) is 0 Å². The van der Waals surface area contributed by atoms with Gasteiger partial charge in [-0.25, -0.2) is 0 Å². The Kier molecular flexibility index (Phi) is 5.29. The second-order valence-corrected chi connectivity index (χ2v) is 5.08. The normalized spacial score (nSPS) is 12.9. The molecule has 0 saturated heterocycles. The summed E-state index contributed by atoms with van der Waals surface area (Å²) < 4.78 is 0. The standard InChI is InChI=1S/C14H22ClNO/c1-5-8-16(10(2)3)12-6-7-13(11(4)17)14(15)9-12/h6-7,9-11,17H,5,8H2,1-4H3. The van der Waals surface area contributed by atoms with Crippen LogP contribution in [0.25, 0.3) is 0 Å². The monoisotopic (exact) mass is 255 g/mol. The molecule has 0 radical (unpaired) electrons. The van der Waals surface area contributed by atoms with Crippen LogP contribution in [0, 0.1) is 0 Å². The van der Waals surface area contributed by atoms with Gasteiger partial charge in [0.25, 0.3) is 0 Å². The van der Waals surface area contributed by atoms with Crippen LogP contribution in [0.3, 0.4) is 0 Å². The number of hydrogen-bond acceptors (Lipinski definition) is 2. The van der Waals surface area contributed by atoms with E-state index in [1.54, 1.807) is 6.92 Å². The van der Waals surface area contributed by atoms with Crippen molar-refractivity contribution in [2.45, 2.75) is 46.3 Å². The number of nitrogens with zero attached hydrogens (tertiary/aromatic N) is 1. The van der Waals surface area contributed by atoms with Crippen molar-refractivity contribution in [1.82, 2.24) is 0 Å². The van der Waals surface area contributed by atoms with Crippen LogP contribution in [-0.2, 0) is 0 Å². The number of benzene rings is 1. The van der Waals surface area contributed by atoms with Crippen LogP contribution in [0.1, 0.15) is 45.8 Å². The molecule has 17 heavy (non-hydrogen) atoms. The Morgan fingerprint density at radius 3 is 2.35 bits per heavy atom. The topological polar surface area (TPSA) is 23.5 Å². The van der Waals surface area contributed by atoms with E-state index in [0.29, 0.717) is 11.1 Å². The lowest BCUT2D eigenvalue weighted by atomic mass is 10.1. The minimum atomic E-state index is -0.518. The fraction of sp³-hybridized carbons (Fsp3) is 0.571. The lowest BCUT2D eigenvalue weighted by Gasteiger charge is -2.29. The molecular formula is C14H22ClNO. The van der Waals surface area contributed by atoms with Crippen LogP contribution < -0.4 is 4.90 Å². The summed E-state index contributed by atoms with van der Waals surface area (Å²) in [6.45, 7) is 9.26. The molecule has 0 aromatic heterocycles. The zero-order valence-corrected chi connectivity index (χ0v) is 11.8. The maximum Gasteiger partial charge on any atom is 0.0776 e. The maximum atomic E-state index is 9.55. The highest BCUT2D eigenvalue weighted by Crippen LogP contribution is 2.28. The average Bonchev–Trinajstić information content (AvgIpc) is 2.24. The van der Waals surface area contributed by atoms with Gasteiger partial charge in [0.05, 0.1) is 6.10 Å². The lowest BCUT2D eigenvalue weighted by Crippen LogP contribution is -2.31. The van der Waals surface area contributed by atoms with Crippen LogP contribution in [0.15, 0.2) is 18.2 Å². The minimum absolute atomic E-state index is 0.448. The van der Waals surface area contributed by atoms with Crippen LogP contribution >= 0.6 is 11.6 Å². The summed E-state index contributed by atoms with van der Waals surface area (Å²) in [6, 6.07) is 6.33. The van der Waals surface area contributed by atoms with Crippen molar-refractivity contribution in [3.63, 3.8) is 0 Å². The minimum Gasteiger partial charge on any atom is -0.389 e. The third-order valence-electron chi connectivity index (χ3n) is 2.85. The third kappa shape index (κ3) is 3.62. The number of hydrogen-bond donors (Lipinski definition) is 1. The van der Waals surface area contributed by atoms with Gasteiger partial charge in [-0.15, -0.1) is 0 Å². The summed E-state index contributed by atoms with van der Waals surface area (Å²) in [5, 5.41) is 10.2. The van der Waals surface area contributed by atoms with Gasteiger partial charge in [-0.2, -0.15) is 0 Å². The second-order valence-electron chi connectivity index (χ2n) is 4.67. The first-order valence-electron chi connectivity index (χ1n) is 6.21. The zero-order valence-electron chi connectivity index (χ0n) is 11.1. The molecule has 0 fully saturated rings. The van der Waals surface area contributed by atoms with Crippen LogP contribution in [0.2, 0.25) is 5.02 Å². The number of anilines is 1. The predicted octanol–water partition coefficient (Wildman–Crippen LogP) is 4.02. The molecule has 96 valence electrons. The molecule has 0 aliphatic heterocycles. The molecule has 0 heterocycles. The van der Waals surface area contributed by atoms with Crippen molar-refractivity contribution in [1.29, 1.82) is 0 Å². The van der Waals surface area contributed by atoms with Crippen LogP contribution in [0.4, 0.5) is 5.69 Å². The Morgan fingerprint density at radius 1 is 1.29 bits per heavy atom. The number of halogens is 1. The van der Waals surface area contributed by atoms with Crippen LogP contribution in [0.5, 0.6) is 0 Å². The smallest absolute Gasteiger partial charge is 0.0776 e. The van der Waals surface area contributed by atoms with E-state index < -0.39 is 6.10 Å². The molecule has 0 bridgehead atoms. The highest BCUT2D eigenvalue weighted by atomic mass is 35.5. The van der Waals surface area contributed by atoms with E-state index in [9.17, 15) is 5.11 Å². The van der Waals surface area contributed by atoms with Gasteiger partial charge in [0.1, 0.15) is 0 Å². The second kappa shape index (κ2) is 6.27. The highest BCUT2D eigenvalue weighted by Gasteiger charge is 2.13. The van der Waals surface area contributed by atoms with Crippen molar-refractivity contribution in [3.8, 4) is 0 Å². The Labute approximate surface area is 109 Å². The molecule has 0 aliphatic rings. The van der Waals surface area contributed by atoms with Gasteiger partial charge in [0.2, 0.25) is 0 Å². The van der Waals surface area contributed by atoms with Gasteiger partial charge < -0.3 is 10.0 Å². The summed E-state index contributed by atoms with van der Waals surface area (Å²) in [6.07, 6.45) is 0.587. The Morgan fingerprint density at radius 2 is 1.94 bits per heavy atom. The molecule has 2 nitrogen and oxygen atoms in total. The molecule has 0 saturated carbocycles. The van der Waals surface area contributed by atoms with Gasteiger partial charge in [0, 0.05) is 23.3 Å². The summed E-state index contributed by atoms with van der Waals surface area (Å²) in [7, 11) is 0. The van der Waals surface area contributed by atoms with Crippen molar-refractivity contribution in [2.24, 2.45) is 0 Å². The first kappa shape index (κ1) is 14.3. The molecule has 1 atom stereocenters. The summed E-state index contributed by atoms with van der Waals surface area (Å²) >= 11 is 6.19. The zero-order chi connectivity index (χ0) is 13.0. The number of aliphatic hydroxyl groups is 1. The molecular weight excluding hydrogens is 234 g/mol. The van der Waals surface area contributed by atoms with Crippen molar-refractivity contribution >= 4 is 17.3 Å². The molecule has 0 aliphatic carbocycles. The first-order valence-corrected chi connectivity index (χ1v) is 6.59. The van der Waals surface area contributed by atoms with Crippen molar-refractivity contribution < 1.29 is 5.11 Å². The summed E-state index contributed by atoms with van der Waals surface area (Å²) in [5.41, 5.74) is 1.91. The lowest BCUT2D eigenvalue weighted by molar-refractivity contribution is 0.199. The van der Waals surface area contributed by atoms with E-state index >= 15 is 0 Å². The van der Waals surface area contributed by atoms with Gasteiger partial charge in [-0.05, 0) is 44.9 Å². The molecule has 1 aromatic carbocycles. The molecule has 3 heteroatoms. The third-order valence-corrected chi connectivity index (χ3v) is 3.18. The summed E-state index contributed by atoms with van der Waals surface area (Å²) in [4.78, 5) is 2.32. The number of aliphatic hydroxyl groups excluding tert-OH is 1. The van der Waals surface area contributed by atoms with E-state index in [-0.39, 0.29) is 0 Å². The fourth-order valence-corrected chi connectivity index (χ4v) is 2.29. The molecule has 1 N–H and O–H groups in total. The van der Waals surface area contributed by atoms with E-state index in [4.69, 9.17) is 11.6 Å². The fourth-order valence-electron chi connectivity index (χ4n) is 1.96. The Balaban J connectivity index is 3.02.